The fourth-order valence-electron chi connectivity index (χ4n) is 4.85. The van der Waals surface area contributed by atoms with Crippen LogP contribution < -0.4 is 5.32 Å². The monoisotopic (exact) mass is 502 g/mol. The Kier molecular flexibility index (Phi) is 6.91. The first-order valence-corrected chi connectivity index (χ1v) is 12.2. The summed E-state index contributed by atoms with van der Waals surface area (Å²) in [4.78, 5) is 24.6. The van der Waals surface area contributed by atoms with Crippen LogP contribution in [0.2, 0.25) is 5.02 Å². The molecule has 7 nitrogen and oxygen atoms in total. The van der Waals surface area contributed by atoms with Gasteiger partial charge in [-0.2, -0.15) is 0 Å². The van der Waals surface area contributed by atoms with Crippen molar-refractivity contribution in [2.24, 2.45) is 4.99 Å². The molecular weight excluding hydrogens is 476 g/mol. The maximum Gasteiger partial charge on any atom is 0.340 e. The molecule has 2 aromatic heterocycles. The van der Waals surface area contributed by atoms with Crippen molar-refractivity contribution < 1.29 is 13.9 Å². The van der Waals surface area contributed by atoms with E-state index in [-0.39, 0.29) is 12.0 Å². The summed E-state index contributed by atoms with van der Waals surface area (Å²) in [5.41, 5.74) is 1.49. The van der Waals surface area contributed by atoms with E-state index < -0.39 is 5.54 Å². The molecule has 0 saturated heterocycles. The minimum absolute atomic E-state index is 0.289. The number of furan rings is 1. The highest BCUT2D eigenvalue weighted by molar-refractivity contribution is 6.31. The van der Waals surface area contributed by atoms with Crippen LogP contribution in [0.15, 0.2) is 88.6 Å². The number of esters is 1. The molecule has 2 unspecified atom stereocenters. The number of fused-ring (bicyclic) bond motifs is 1. The minimum Gasteiger partial charge on any atom is -0.469 e. The molecule has 0 fully saturated rings. The first-order chi connectivity index (χ1) is 17.6. The molecule has 8 heteroatoms. The van der Waals surface area contributed by atoms with E-state index in [1.165, 1.54) is 7.11 Å². The minimum atomic E-state index is -1.17. The Balaban J connectivity index is 1.34. The Morgan fingerprint density at radius 1 is 1.17 bits per heavy atom. The van der Waals surface area contributed by atoms with Gasteiger partial charge >= 0.3 is 5.97 Å². The third-order valence-electron chi connectivity index (χ3n) is 6.59. The summed E-state index contributed by atoms with van der Waals surface area (Å²) in [7, 11) is 1.41. The van der Waals surface area contributed by atoms with Crippen molar-refractivity contribution >= 4 is 40.5 Å². The molecule has 36 heavy (non-hydrogen) atoms. The van der Waals surface area contributed by atoms with Crippen molar-refractivity contribution in [3.05, 3.63) is 95.5 Å². The van der Waals surface area contributed by atoms with Gasteiger partial charge in [0.15, 0.2) is 0 Å². The summed E-state index contributed by atoms with van der Waals surface area (Å²) in [5, 5.41) is 5.20. The lowest BCUT2D eigenvalue weighted by Crippen LogP contribution is -2.51. The lowest BCUT2D eigenvalue weighted by Gasteiger charge is -2.35. The van der Waals surface area contributed by atoms with Gasteiger partial charge in [0.25, 0.3) is 0 Å². The first kappa shape index (κ1) is 23.9. The van der Waals surface area contributed by atoms with E-state index in [0.717, 1.165) is 40.9 Å². The molecule has 1 N–H and O–H groups in total. The number of pyridine rings is 1. The standard InChI is InChI=1S/C28H27ClN4O3/c1-35-27(34)28(20-7-3-2-4-8-20)26(18-22-9-5-16-36-22)33(19-32-28)15-6-13-30-24-12-14-31-25-17-21(29)10-11-23(24)25/h2-5,7-12,14,16-17,19,26H,6,13,15,18H2,1H3,(H,30,31). The van der Waals surface area contributed by atoms with Crippen LogP contribution in [0.3, 0.4) is 0 Å². The van der Waals surface area contributed by atoms with Gasteiger partial charge in [0.05, 0.1) is 31.3 Å². The van der Waals surface area contributed by atoms with Gasteiger partial charge in [-0.3, -0.25) is 9.98 Å². The number of hydrogen-bond donors (Lipinski definition) is 1. The zero-order valence-corrected chi connectivity index (χ0v) is 20.7. The molecule has 184 valence electrons. The lowest BCUT2D eigenvalue weighted by atomic mass is 9.81. The summed E-state index contributed by atoms with van der Waals surface area (Å²) in [6, 6.07) is 20.8. The number of aromatic nitrogens is 1. The van der Waals surface area contributed by atoms with Gasteiger partial charge in [0.1, 0.15) is 5.76 Å². The van der Waals surface area contributed by atoms with Gasteiger partial charge in [-0.25, -0.2) is 4.79 Å². The molecule has 0 amide bonds. The normalized spacial score (nSPS) is 19.1. The van der Waals surface area contributed by atoms with Crippen LogP contribution in [0.1, 0.15) is 17.7 Å². The van der Waals surface area contributed by atoms with E-state index in [1.807, 2.05) is 66.7 Å². The van der Waals surface area contributed by atoms with E-state index in [9.17, 15) is 4.79 Å². The molecule has 1 aliphatic rings. The van der Waals surface area contributed by atoms with Gasteiger partial charge in [0, 0.05) is 41.8 Å². The molecule has 3 heterocycles. The van der Waals surface area contributed by atoms with Crippen LogP contribution in [-0.4, -0.2) is 48.4 Å². The number of anilines is 1. The fraction of sp³-hybridized carbons (Fsp3) is 0.250. The second kappa shape index (κ2) is 10.4. The van der Waals surface area contributed by atoms with Gasteiger partial charge < -0.3 is 19.4 Å². The molecule has 5 rings (SSSR count). The zero-order valence-electron chi connectivity index (χ0n) is 19.9. The molecule has 2 aromatic carbocycles. The molecule has 4 aromatic rings. The van der Waals surface area contributed by atoms with Gasteiger partial charge in [0.2, 0.25) is 5.54 Å². The maximum absolute atomic E-state index is 13.3. The van der Waals surface area contributed by atoms with Crippen LogP contribution in [-0.2, 0) is 21.5 Å². The average molecular weight is 503 g/mol. The number of benzene rings is 2. The number of rotatable bonds is 9. The Labute approximate surface area is 214 Å². The predicted octanol–water partition coefficient (Wildman–Crippen LogP) is 5.31. The maximum atomic E-state index is 13.3. The Morgan fingerprint density at radius 3 is 2.81 bits per heavy atom. The van der Waals surface area contributed by atoms with Gasteiger partial charge in [-0.1, -0.05) is 41.9 Å². The van der Waals surface area contributed by atoms with Crippen molar-refractivity contribution in [1.82, 2.24) is 9.88 Å². The third-order valence-corrected chi connectivity index (χ3v) is 6.83. The number of carbonyl (C=O) groups is 1. The summed E-state index contributed by atoms with van der Waals surface area (Å²) < 4.78 is 10.9. The van der Waals surface area contributed by atoms with Crippen LogP contribution in [0.25, 0.3) is 10.9 Å². The van der Waals surface area contributed by atoms with E-state index in [2.05, 4.69) is 15.2 Å². The molecule has 2 atom stereocenters. The van der Waals surface area contributed by atoms with E-state index in [1.54, 1.807) is 18.8 Å². The second-order valence-electron chi connectivity index (χ2n) is 8.71. The van der Waals surface area contributed by atoms with Crippen molar-refractivity contribution in [2.75, 3.05) is 25.5 Å². The Morgan fingerprint density at radius 2 is 2.03 bits per heavy atom. The largest absolute Gasteiger partial charge is 0.469 e. The van der Waals surface area contributed by atoms with Crippen LogP contribution >= 0.6 is 11.6 Å². The average Bonchev–Trinajstić information content (AvgIpc) is 3.55. The third kappa shape index (κ3) is 4.54. The predicted molar refractivity (Wildman–Crippen MR) is 141 cm³/mol. The Hall–Kier alpha value is -3.84. The first-order valence-electron chi connectivity index (χ1n) is 11.9. The highest BCUT2D eigenvalue weighted by Crippen LogP contribution is 2.39. The topological polar surface area (TPSA) is 80.0 Å². The highest BCUT2D eigenvalue weighted by Gasteiger charge is 2.53. The van der Waals surface area contributed by atoms with Crippen LogP contribution in [0.5, 0.6) is 0 Å². The zero-order chi connectivity index (χ0) is 25.0. The van der Waals surface area contributed by atoms with Crippen molar-refractivity contribution in [3.8, 4) is 0 Å². The quantitative estimate of drug-likeness (QED) is 0.247. The van der Waals surface area contributed by atoms with Crippen LogP contribution in [0.4, 0.5) is 5.69 Å². The summed E-state index contributed by atoms with van der Waals surface area (Å²) in [5.74, 6) is 0.406. The number of nitrogens with one attached hydrogen (secondary N) is 1. The van der Waals surface area contributed by atoms with E-state index >= 15 is 0 Å². The van der Waals surface area contributed by atoms with Gasteiger partial charge in [-0.15, -0.1) is 0 Å². The smallest absolute Gasteiger partial charge is 0.340 e. The van der Waals surface area contributed by atoms with Crippen molar-refractivity contribution in [3.63, 3.8) is 0 Å². The highest BCUT2D eigenvalue weighted by atomic mass is 35.5. The summed E-state index contributed by atoms with van der Waals surface area (Å²) >= 11 is 6.12. The molecule has 0 aliphatic carbocycles. The summed E-state index contributed by atoms with van der Waals surface area (Å²) in [6.07, 6.45) is 6.54. The molecular formula is C28H27ClN4O3. The summed E-state index contributed by atoms with van der Waals surface area (Å²) in [6.45, 7) is 1.43. The number of methoxy groups -OCH3 is 1. The molecule has 0 radical (unpaired) electrons. The SMILES string of the molecule is COC(=O)C1(c2ccccc2)N=CN(CCCNc2ccnc3cc(Cl)ccc23)C1Cc1ccco1. The number of halogens is 1. The second-order valence-corrected chi connectivity index (χ2v) is 9.14. The van der Waals surface area contributed by atoms with Crippen molar-refractivity contribution in [1.29, 1.82) is 0 Å². The molecule has 0 spiro atoms. The van der Waals surface area contributed by atoms with Crippen LogP contribution in [0, 0.1) is 0 Å². The molecule has 0 bridgehead atoms. The number of hydrogen-bond acceptors (Lipinski definition) is 7. The number of aliphatic imine (C=N–C) groups is 1. The number of ether oxygens (including phenoxy) is 1. The van der Waals surface area contributed by atoms with E-state index in [4.69, 9.17) is 25.7 Å². The fourth-order valence-corrected chi connectivity index (χ4v) is 5.02. The van der Waals surface area contributed by atoms with Gasteiger partial charge in [-0.05, 0) is 48.4 Å². The lowest BCUT2D eigenvalue weighted by molar-refractivity contribution is -0.149. The van der Waals surface area contributed by atoms with Crippen molar-refractivity contribution in [2.45, 2.75) is 24.4 Å². The number of carbonyl (C=O) groups excluding carboxylic acids is 1. The van der Waals surface area contributed by atoms with E-state index in [0.29, 0.717) is 18.0 Å². The molecule has 0 saturated carbocycles. The number of nitrogens with zero attached hydrogens (tertiary/aromatic N) is 3. The molecule has 1 aliphatic heterocycles. The Bertz CT molecular complexity index is 1360.